The Hall–Kier alpha value is -2.68. The molecule has 9 nitrogen and oxygen atoms in total. The van der Waals surface area contributed by atoms with Gasteiger partial charge in [-0.2, -0.15) is 4.98 Å². The van der Waals surface area contributed by atoms with Crippen LogP contribution in [0.2, 0.25) is 0 Å². The Labute approximate surface area is 177 Å². The zero-order valence-electron chi connectivity index (χ0n) is 17.5. The molecule has 0 aliphatic carbocycles. The molecule has 3 aliphatic rings. The molecular formula is C21H30N8O. The molecule has 0 radical (unpaired) electrons. The van der Waals surface area contributed by atoms with E-state index in [1.54, 1.807) is 0 Å². The molecule has 2 aromatic rings. The van der Waals surface area contributed by atoms with Gasteiger partial charge in [0.15, 0.2) is 11.6 Å². The molecule has 5 heterocycles. The van der Waals surface area contributed by atoms with Crippen LogP contribution in [0.25, 0.3) is 0 Å². The van der Waals surface area contributed by atoms with Crippen molar-refractivity contribution in [3.8, 4) is 0 Å². The van der Waals surface area contributed by atoms with Gasteiger partial charge in [0.05, 0.1) is 13.2 Å². The van der Waals surface area contributed by atoms with Gasteiger partial charge < -0.3 is 24.3 Å². The Balaban J connectivity index is 1.19. The third kappa shape index (κ3) is 4.26. The first-order valence-corrected chi connectivity index (χ1v) is 11.1. The third-order valence-electron chi connectivity index (χ3n) is 6.17. The summed E-state index contributed by atoms with van der Waals surface area (Å²) in [6.45, 7) is 9.02. The van der Waals surface area contributed by atoms with Crippen molar-refractivity contribution in [2.24, 2.45) is 0 Å². The predicted molar refractivity (Wildman–Crippen MR) is 118 cm³/mol. The van der Waals surface area contributed by atoms with Gasteiger partial charge in [0.1, 0.15) is 5.82 Å². The van der Waals surface area contributed by atoms with Crippen molar-refractivity contribution in [2.75, 3.05) is 85.2 Å². The molecule has 9 heteroatoms. The molecule has 160 valence electrons. The molecule has 0 bridgehead atoms. The van der Waals surface area contributed by atoms with Gasteiger partial charge in [-0.3, -0.25) is 0 Å². The summed E-state index contributed by atoms with van der Waals surface area (Å²) < 4.78 is 5.44. The van der Waals surface area contributed by atoms with Gasteiger partial charge in [-0.05, 0) is 37.5 Å². The number of piperidine rings is 1. The van der Waals surface area contributed by atoms with E-state index in [1.165, 1.54) is 19.3 Å². The SMILES string of the molecule is c1cc(N2CCN(c3ccc(N4CCCCC4)nn3)CC2)nc(N2CCOCC2)n1. The van der Waals surface area contributed by atoms with Crippen LogP contribution in [0.3, 0.4) is 0 Å². The number of hydrogen-bond acceptors (Lipinski definition) is 9. The Bertz CT molecular complexity index is 812. The maximum Gasteiger partial charge on any atom is 0.227 e. The van der Waals surface area contributed by atoms with Gasteiger partial charge in [-0.25, -0.2) is 4.98 Å². The number of ether oxygens (including phenoxy) is 1. The largest absolute Gasteiger partial charge is 0.378 e. The summed E-state index contributed by atoms with van der Waals surface area (Å²) in [5.41, 5.74) is 0. The monoisotopic (exact) mass is 410 g/mol. The second kappa shape index (κ2) is 8.99. The molecule has 0 unspecified atom stereocenters. The van der Waals surface area contributed by atoms with Crippen LogP contribution in [-0.4, -0.2) is 85.7 Å². The topological polar surface area (TPSA) is 73.8 Å². The van der Waals surface area contributed by atoms with E-state index >= 15 is 0 Å². The lowest BCUT2D eigenvalue weighted by atomic mass is 10.1. The molecule has 0 atom stereocenters. The van der Waals surface area contributed by atoms with Crippen LogP contribution in [0, 0.1) is 0 Å². The zero-order valence-corrected chi connectivity index (χ0v) is 17.5. The maximum atomic E-state index is 5.44. The lowest BCUT2D eigenvalue weighted by molar-refractivity contribution is 0.122. The highest BCUT2D eigenvalue weighted by Crippen LogP contribution is 2.22. The quantitative estimate of drug-likeness (QED) is 0.744. The number of hydrogen-bond donors (Lipinski definition) is 0. The first-order chi connectivity index (χ1) is 14.9. The van der Waals surface area contributed by atoms with E-state index in [4.69, 9.17) is 9.72 Å². The van der Waals surface area contributed by atoms with Gasteiger partial charge in [-0.15, -0.1) is 10.2 Å². The van der Waals surface area contributed by atoms with Crippen molar-refractivity contribution >= 4 is 23.4 Å². The molecule has 3 aliphatic heterocycles. The number of nitrogens with zero attached hydrogens (tertiary/aromatic N) is 8. The van der Waals surface area contributed by atoms with Crippen molar-refractivity contribution in [1.29, 1.82) is 0 Å². The van der Waals surface area contributed by atoms with Crippen molar-refractivity contribution < 1.29 is 4.74 Å². The first-order valence-electron chi connectivity index (χ1n) is 11.1. The number of aromatic nitrogens is 4. The second-order valence-electron chi connectivity index (χ2n) is 8.09. The predicted octanol–water partition coefficient (Wildman–Crippen LogP) is 1.42. The Morgan fingerprint density at radius 2 is 1.20 bits per heavy atom. The average Bonchev–Trinajstić information content (AvgIpc) is 2.85. The van der Waals surface area contributed by atoms with Crippen molar-refractivity contribution in [2.45, 2.75) is 19.3 Å². The maximum absolute atomic E-state index is 5.44. The van der Waals surface area contributed by atoms with Gasteiger partial charge in [-0.1, -0.05) is 0 Å². The Morgan fingerprint density at radius 3 is 1.83 bits per heavy atom. The van der Waals surface area contributed by atoms with Crippen LogP contribution in [0.1, 0.15) is 19.3 Å². The molecular weight excluding hydrogens is 380 g/mol. The summed E-state index contributed by atoms with van der Waals surface area (Å²) in [6, 6.07) is 6.25. The second-order valence-corrected chi connectivity index (χ2v) is 8.09. The summed E-state index contributed by atoms with van der Waals surface area (Å²) >= 11 is 0. The van der Waals surface area contributed by atoms with E-state index in [9.17, 15) is 0 Å². The first kappa shape index (κ1) is 19.3. The number of anilines is 4. The molecule has 2 aromatic heterocycles. The average molecular weight is 411 g/mol. The van der Waals surface area contributed by atoms with Crippen LogP contribution in [0.15, 0.2) is 24.4 Å². The molecule has 0 amide bonds. The van der Waals surface area contributed by atoms with Crippen LogP contribution < -0.4 is 19.6 Å². The summed E-state index contributed by atoms with van der Waals surface area (Å²) in [5.74, 6) is 3.77. The van der Waals surface area contributed by atoms with Crippen LogP contribution in [0.4, 0.5) is 23.4 Å². The highest BCUT2D eigenvalue weighted by molar-refractivity contribution is 5.49. The number of rotatable bonds is 4. The lowest BCUT2D eigenvalue weighted by Crippen LogP contribution is -2.47. The minimum absolute atomic E-state index is 0.740. The van der Waals surface area contributed by atoms with Crippen LogP contribution in [0.5, 0.6) is 0 Å². The van der Waals surface area contributed by atoms with Crippen LogP contribution >= 0.6 is 0 Å². The smallest absolute Gasteiger partial charge is 0.227 e. The number of piperazine rings is 1. The van der Waals surface area contributed by atoms with Gasteiger partial charge >= 0.3 is 0 Å². The molecule has 0 spiro atoms. The highest BCUT2D eigenvalue weighted by atomic mass is 16.5. The standard InChI is InChI=1S/C21H30N8O/c1-2-8-26(9-3-1)19-4-5-20(25-24-19)28-12-10-27(11-13-28)18-6-7-22-21(23-18)29-14-16-30-17-15-29/h4-7H,1-3,8-17H2. The normalized spacial score (nSPS) is 20.5. The zero-order chi connectivity index (χ0) is 20.2. The van der Waals surface area contributed by atoms with Crippen molar-refractivity contribution in [3.63, 3.8) is 0 Å². The molecule has 0 aromatic carbocycles. The summed E-state index contributed by atoms with van der Waals surface area (Å²) in [7, 11) is 0. The van der Waals surface area contributed by atoms with Crippen molar-refractivity contribution in [1.82, 2.24) is 20.2 Å². The van der Waals surface area contributed by atoms with Gasteiger partial charge in [0, 0.05) is 58.6 Å². The lowest BCUT2D eigenvalue weighted by Gasteiger charge is -2.36. The van der Waals surface area contributed by atoms with E-state index < -0.39 is 0 Å². The van der Waals surface area contributed by atoms with Gasteiger partial charge in [0.2, 0.25) is 5.95 Å². The molecule has 5 rings (SSSR count). The van der Waals surface area contributed by atoms with Gasteiger partial charge in [0.25, 0.3) is 0 Å². The fourth-order valence-electron chi connectivity index (χ4n) is 4.37. The van der Waals surface area contributed by atoms with Crippen molar-refractivity contribution in [3.05, 3.63) is 24.4 Å². The Morgan fingerprint density at radius 1 is 0.600 bits per heavy atom. The fourth-order valence-corrected chi connectivity index (χ4v) is 4.37. The minimum atomic E-state index is 0.740. The molecule has 0 saturated carbocycles. The van der Waals surface area contributed by atoms with Crippen LogP contribution in [-0.2, 0) is 4.74 Å². The van der Waals surface area contributed by atoms with E-state index in [2.05, 4.69) is 46.9 Å². The van der Waals surface area contributed by atoms with E-state index in [0.717, 1.165) is 89.0 Å². The van der Waals surface area contributed by atoms with E-state index in [0.29, 0.717) is 0 Å². The molecule has 3 fully saturated rings. The third-order valence-corrected chi connectivity index (χ3v) is 6.17. The van der Waals surface area contributed by atoms with E-state index in [-0.39, 0.29) is 0 Å². The summed E-state index contributed by atoms with van der Waals surface area (Å²) in [4.78, 5) is 18.5. The number of morpholine rings is 1. The Kier molecular flexibility index (Phi) is 5.78. The molecule has 30 heavy (non-hydrogen) atoms. The van der Waals surface area contributed by atoms with E-state index in [1.807, 2.05) is 12.3 Å². The minimum Gasteiger partial charge on any atom is -0.378 e. The molecule has 0 N–H and O–H groups in total. The molecule has 3 saturated heterocycles. The fraction of sp³-hybridized carbons (Fsp3) is 0.619. The summed E-state index contributed by atoms with van der Waals surface area (Å²) in [6.07, 6.45) is 5.69. The highest BCUT2D eigenvalue weighted by Gasteiger charge is 2.22. The summed E-state index contributed by atoms with van der Waals surface area (Å²) in [5, 5.41) is 9.02.